The highest BCUT2D eigenvalue weighted by atomic mass is 16.6. The first-order chi connectivity index (χ1) is 21.5. The van der Waals surface area contributed by atoms with Crippen molar-refractivity contribution in [1.29, 1.82) is 0 Å². The zero-order valence-corrected chi connectivity index (χ0v) is 24.5. The molecule has 1 aliphatic rings. The number of hydrogen-bond acceptors (Lipinski definition) is 15. The van der Waals surface area contributed by atoms with Gasteiger partial charge in [-0.1, -0.05) is 32.0 Å². The lowest BCUT2D eigenvalue weighted by molar-refractivity contribution is -0.151. The van der Waals surface area contributed by atoms with Crippen LogP contribution >= 0.6 is 0 Å². The fourth-order valence-corrected chi connectivity index (χ4v) is 4.86. The predicted octanol–water partition coefficient (Wildman–Crippen LogP) is 2.08. The zero-order chi connectivity index (χ0) is 31.1. The summed E-state index contributed by atoms with van der Waals surface area (Å²) in [5.41, 5.74) is 1.40. The molecule has 16 heteroatoms. The summed E-state index contributed by atoms with van der Waals surface area (Å²) in [5.74, 6) is 1.77. The van der Waals surface area contributed by atoms with E-state index in [1.165, 1.54) is 6.33 Å². The molecule has 4 aromatic heterocycles. The third kappa shape index (κ3) is 6.55. The first-order valence-electron chi connectivity index (χ1n) is 14.3. The first kappa shape index (κ1) is 30.6. The molecule has 1 saturated heterocycles. The van der Waals surface area contributed by atoms with Crippen LogP contribution in [0.2, 0.25) is 0 Å². The summed E-state index contributed by atoms with van der Waals surface area (Å²) in [7, 11) is 0. The van der Waals surface area contributed by atoms with Gasteiger partial charge in [0.05, 0.1) is 24.7 Å². The lowest BCUT2D eigenvalue weighted by Crippen LogP contribution is -2.34. The van der Waals surface area contributed by atoms with Crippen molar-refractivity contribution < 1.29 is 33.4 Å². The molecule has 0 amide bonds. The van der Waals surface area contributed by atoms with Crippen LogP contribution < -0.4 is 16.0 Å². The maximum atomic E-state index is 11.6. The molecule has 4 aromatic rings. The van der Waals surface area contributed by atoms with E-state index in [4.69, 9.17) is 23.7 Å². The number of imidazole rings is 1. The van der Waals surface area contributed by atoms with Gasteiger partial charge in [0.1, 0.15) is 5.82 Å². The Bertz CT molecular complexity index is 1530. The Kier molecular flexibility index (Phi) is 9.81. The third-order valence-electron chi connectivity index (χ3n) is 7.23. The monoisotopic (exact) mass is 609 g/mol. The summed E-state index contributed by atoms with van der Waals surface area (Å²) in [6.45, 7) is 7.23. The first-order valence-corrected chi connectivity index (χ1v) is 14.3. The highest BCUT2D eigenvalue weighted by Gasteiger charge is 2.51. The molecule has 0 spiro atoms. The van der Waals surface area contributed by atoms with Crippen LogP contribution in [0.4, 0.5) is 17.6 Å². The van der Waals surface area contributed by atoms with Gasteiger partial charge >= 0.3 is 0 Å². The van der Waals surface area contributed by atoms with Gasteiger partial charge in [0.25, 0.3) is 12.9 Å². The minimum Gasteiger partial charge on any atom is -0.457 e. The molecule has 5 heterocycles. The van der Waals surface area contributed by atoms with Crippen molar-refractivity contribution in [1.82, 2.24) is 29.7 Å². The summed E-state index contributed by atoms with van der Waals surface area (Å²) in [5, 5.41) is 23.7. The molecule has 0 unspecified atom stereocenters. The highest BCUT2D eigenvalue weighted by Crippen LogP contribution is 2.43. The second-order valence-electron chi connectivity index (χ2n) is 10.4. The number of aliphatic hydroxyl groups is 1. The molecule has 0 radical (unpaired) electrons. The third-order valence-corrected chi connectivity index (χ3v) is 7.23. The van der Waals surface area contributed by atoms with Gasteiger partial charge in [-0.25, -0.2) is 9.97 Å². The SMILES string of the molecule is CCc1cc([C@H]2O[C@@H](n3cnc4c(N[C@H](CO)C(C)C)nc(NCCNc5ccccn5)nc43)[C@H](OC=O)[C@@H]2OC=O)on1. The smallest absolute Gasteiger partial charge is 0.293 e. The van der Waals surface area contributed by atoms with Crippen molar-refractivity contribution in [3.63, 3.8) is 0 Å². The van der Waals surface area contributed by atoms with Crippen LogP contribution in [-0.2, 0) is 30.2 Å². The van der Waals surface area contributed by atoms with Crippen LogP contribution in [0.5, 0.6) is 0 Å². The summed E-state index contributed by atoms with van der Waals surface area (Å²) in [6, 6.07) is 6.96. The van der Waals surface area contributed by atoms with Crippen molar-refractivity contribution in [2.75, 3.05) is 35.6 Å². The van der Waals surface area contributed by atoms with Crippen molar-refractivity contribution in [2.24, 2.45) is 5.92 Å². The minimum absolute atomic E-state index is 0.0755. The van der Waals surface area contributed by atoms with Crippen molar-refractivity contribution in [3.05, 3.63) is 48.2 Å². The zero-order valence-electron chi connectivity index (χ0n) is 24.5. The molecule has 1 aliphatic heterocycles. The van der Waals surface area contributed by atoms with Crippen LogP contribution in [0.3, 0.4) is 0 Å². The van der Waals surface area contributed by atoms with Gasteiger partial charge in [-0.15, -0.1) is 0 Å². The molecule has 44 heavy (non-hydrogen) atoms. The Morgan fingerprint density at radius 3 is 2.57 bits per heavy atom. The lowest BCUT2D eigenvalue weighted by Gasteiger charge is -2.22. The van der Waals surface area contributed by atoms with E-state index in [1.54, 1.807) is 16.8 Å². The number of hydrogen-bond donors (Lipinski definition) is 4. The van der Waals surface area contributed by atoms with Crippen LogP contribution in [0.15, 0.2) is 41.3 Å². The Morgan fingerprint density at radius 1 is 1.09 bits per heavy atom. The number of fused-ring (bicyclic) bond motifs is 1. The number of rotatable bonds is 16. The Morgan fingerprint density at radius 2 is 1.89 bits per heavy atom. The number of aliphatic hydroxyl groups excluding tert-OH is 1. The molecule has 4 N–H and O–H groups in total. The van der Waals surface area contributed by atoms with Gasteiger partial charge in [0, 0.05) is 25.4 Å². The van der Waals surface area contributed by atoms with Crippen molar-refractivity contribution >= 4 is 41.7 Å². The summed E-state index contributed by atoms with van der Waals surface area (Å²) < 4.78 is 24.1. The summed E-state index contributed by atoms with van der Waals surface area (Å²) >= 11 is 0. The maximum Gasteiger partial charge on any atom is 0.293 e. The van der Waals surface area contributed by atoms with Gasteiger partial charge in [-0.05, 0) is 24.5 Å². The van der Waals surface area contributed by atoms with Gasteiger partial charge in [-0.3, -0.25) is 14.2 Å². The Hall–Kier alpha value is -4.83. The summed E-state index contributed by atoms with van der Waals surface area (Å²) in [4.78, 5) is 41.2. The Labute approximate surface area is 252 Å². The highest BCUT2D eigenvalue weighted by molar-refractivity contribution is 5.84. The fraction of sp³-hybridized carbons (Fsp3) is 0.464. The fourth-order valence-electron chi connectivity index (χ4n) is 4.86. The van der Waals surface area contributed by atoms with E-state index in [0.29, 0.717) is 47.9 Å². The average molecular weight is 610 g/mol. The molecular formula is C28H35N9O7. The lowest BCUT2D eigenvalue weighted by atomic mass is 10.1. The Balaban J connectivity index is 1.50. The van der Waals surface area contributed by atoms with Crippen molar-refractivity contribution in [2.45, 2.75) is 57.8 Å². The number of carbonyl (C=O) groups is 2. The van der Waals surface area contributed by atoms with Gasteiger partial charge in [0.15, 0.2) is 47.3 Å². The molecule has 5 rings (SSSR count). The number of aryl methyl sites for hydroxylation is 1. The van der Waals surface area contributed by atoms with E-state index in [9.17, 15) is 14.7 Å². The van der Waals surface area contributed by atoms with Gasteiger partial charge < -0.3 is 39.8 Å². The van der Waals surface area contributed by atoms with Crippen LogP contribution in [-0.4, -0.2) is 85.7 Å². The van der Waals surface area contributed by atoms with E-state index >= 15 is 0 Å². The number of nitrogens with zero attached hydrogens (tertiary/aromatic N) is 6. The number of carbonyl (C=O) groups excluding carboxylic acids is 2. The second kappa shape index (κ2) is 14.1. The molecule has 0 aliphatic carbocycles. The number of ether oxygens (including phenoxy) is 3. The van der Waals surface area contributed by atoms with Crippen LogP contribution in [0.1, 0.15) is 44.6 Å². The van der Waals surface area contributed by atoms with E-state index in [1.807, 2.05) is 39.0 Å². The topological polar surface area (TPSA) is 201 Å². The van der Waals surface area contributed by atoms with Crippen molar-refractivity contribution in [3.8, 4) is 0 Å². The van der Waals surface area contributed by atoms with E-state index in [2.05, 4.69) is 36.1 Å². The molecule has 0 aromatic carbocycles. The van der Waals surface area contributed by atoms with E-state index < -0.39 is 24.5 Å². The largest absolute Gasteiger partial charge is 0.457 e. The normalized spacial score (nSPS) is 20.4. The maximum absolute atomic E-state index is 11.6. The second-order valence-corrected chi connectivity index (χ2v) is 10.4. The summed E-state index contributed by atoms with van der Waals surface area (Å²) in [6.07, 6.45) is -0.293. The molecular weight excluding hydrogens is 574 g/mol. The minimum atomic E-state index is -1.08. The number of pyridine rings is 1. The average Bonchev–Trinajstić information content (AvgIpc) is 3.76. The van der Waals surface area contributed by atoms with Crippen LogP contribution in [0.25, 0.3) is 11.2 Å². The molecule has 0 bridgehead atoms. The molecule has 1 fully saturated rings. The van der Waals surface area contributed by atoms with E-state index in [-0.39, 0.29) is 37.5 Å². The predicted molar refractivity (Wildman–Crippen MR) is 156 cm³/mol. The molecule has 16 nitrogen and oxygen atoms in total. The number of nitrogens with one attached hydrogen (secondary N) is 3. The number of aromatic nitrogens is 6. The molecule has 234 valence electrons. The van der Waals surface area contributed by atoms with Gasteiger partial charge in [0.2, 0.25) is 5.95 Å². The molecule has 0 saturated carbocycles. The standard InChI is InChI=1S/C28H35N9O7/c1-4-17-11-19(44-36-17)22-23(41-14-39)24(42-15-40)27(43-22)37-13-32-21-25(33-18(12-38)16(2)3)34-28(35-26(21)37)31-10-9-30-20-7-5-6-8-29-20/h5-8,11,13-16,18,22-24,27,38H,4,9-10,12H2,1-3H3,(H,29,30)(H2,31,33,34,35)/t18-,22-,23-,24-,27-/m1/s1. The quantitative estimate of drug-likeness (QED) is 0.106. The molecule has 5 atom stereocenters. The van der Waals surface area contributed by atoms with Crippen LogP contribution in [0, 0.1) is 5.92 Å². The van der Waals surface area contributed by atoms with E-state index in [0.717, 1.165) is 5.82 Å². The van der Waals surface area contributed by atoms with Gasteiger partial charge in [-0.2, -0.15) is 9.97 Å². The number of anilines is 3.